The molecular weight excluding hydrogens is 252 g/mol. The van der Waals surface area contributed by atoms with Crippen molar-refractivity contribution in [1.29, 1.82) is 0 Å². The van der Waals surface area contributed by atoms with E-state index in [-0.39, 0.29) is 0 Å². The summed E-state index contributed by atoms with van der Waals surface area (Å²) < 4.78 is 10.8. The quantitative estimate of drug-likeness (QED) is 0.841. The number of ether oxygens (including phenoxy) is 2. The van der Waals surface area contributed by atoms with Gasteiger partial charge in [0.2, 0.25) is 0 Å². The maximum atomic E-state index is 5.50. The molecule has 2 rings (SSSR count). The van der Waals surface area contributed by atoms with Crippen molar-refractivity contribution in [2.75, 3.05) is 13.7 Å². The van der Waals surface area contributed by atoms with Gasteiger partial charge >= 0.3 is 0 Å². The second kappa shape index (κ2) is 7.50. The molecular formula is C16H20N2O2. The standard InChI is InChI=1S/C16H20N2O2/c1-3-20-15-7-6-13(9-16(15)19-2)10-18-12-14-5-4-8-17-11-14/h4-9,11,18H,3,10,12H2,1-2H3. The van der Waals surface area contributed by atoms with Crippen LogP contribution in [-0.4, -0.2) is 18.7 Å². The van der Waals surface area contributed by atoms with Gasteiger partial charge in [-0.15, -0.1) is 0 Å². The predicted octanol–water partition coefficient (Wildman–Crippen LogP) is 2.78. The lowest BCUT2D eigenvalue weighted by Gasteiger charge is -2.11. The maximum Gasteiger partial charge on any atom is 0.161 e. The van der Waals surface area contributed by atoms with Gasteiger partial charge in [0.25, 0.3) is 0 Å². The summed E-state index contributed by atoms with van der Waals surface area (Å²) in [6.07, 6.45) is 3.65. The van der Waals surface area contributed by atoms with Gasteiger partial charge in [-0.3, -0.25) is 4.98 Å². The number of rotatable bonds is 7. The van der Waals surface area contributed by atoms with E-state index in [0.717, 1.165) is 30.2 Å². The van der Waals surface area contributed by atoms with Crippen LogP contribution in [0.2, 0.25) is 0 Å². The first-order valence-electron chi connectivity index (χ1n) is 6.72. The van der Waals surface area contributed by atoms with E-state index in [2.05, 4.69) is 16.4 Å². The van der Waals surface area contributed by atoms with Gasteiger partial charge in [0.1, 0.15) is 0 Å². The van der Waals surface area contributed by atoms with E-state index >= 15 is 0 Å². The summed E-state index contributed by atoms with van der Waals surface area (Å²) in [5.74, 6) is 1.55. The Balaban J connectivity index is 1.93. The third-order valence-electron chi connectivity index (χ3n) is 2.91. The third kappa shape index (κ3) is 3.96. The molecule has 0 radical (unpaired) electrons. The van der Waals surface area contributed by atoms with E-state index in [9.17, 15) is 0 Å². The van der Waals surface area contributed by atoms with Crippen molar-refractivity contribution in [3.8, 4) is 11.5 Å². The molecule has 4 nitrogen and oxygen atoms in total. The second-order valence-corrected chi connectivity index (χ2v) is 4.38. The van der Waals surface area contributed by atoms with Gasteiger partial charge in [-0.05, 0) is 36.2 Å². The van der Waals surface area contributed by atoms with E-state index in [1.54, 1.807) is 13.3 Å². The van der Waals surface area contributed by atoms with Crippen LogP contribution in [-0.2, 0) is 13.1 Å². The first-order valence-corrected chi connectivity index (χ1v) is 6.72. The summed E-state index contributed by atoms with van der Waals surface area (Å²) in [5, 5.41) is 3.38. The molecule has 0 bridgehead atoms. The Hall–Kier alpha value is -2.07. The molecule has 1 heterocycles. The van der Waals surface area contributed by atoms with E-state index in [4.69, 9.17) is 9.47 Å². The number of pyridine rings is 1. The molecule has 0 atom stereocenters. The van der Waals surface area contributed by atoms with Crippen molar-refractivity contribution in [2.45, 2.75) is 20.0 Å². The van der Waals surface area contributed by atoms with Gasteiger partial charge < -0.3 is 14.8 Å². The minimum atomic E-state index is 0.634. The summed E-state index contributed by atoms with van der Waals surface area (Å²) in [4.78, 5) is 4.09. The van der Waals surface area contributed by atoms with Crippen LogP contribution in [0.1, 0.15) is 18.1 Å². The monoisotopic (exact) mass is 272 g/mol. The van der Waals surface area contributed by atoms with Crippen molar-refractivity contribution >= 4 is 0 Å². The Morgan fingerprint density at radius 3 is 2.65 bits per heavy atom. The number of methoxy groups -OCH3 is 1. The van der Waals surface area contributed by atoms with Crippen molar-refractivity contribution in [1.82, 2.24) is 10.3 Å². The zero-order valence-electron chi connectivity index (χ0n) is 11.9. The molecule has 1 aromatic carbocycles. The highest BCUT2D eigenvalue weighted by atomic mass is 16.5. The number of aromatic nitrogens is 1. The molecule has 1 aromatic heterocycles. The van der Waals surface area contributed by atoms with Crippen molar-refractivity contribution in [2.24, 2.45) is 0 Å². The molecule has 0 fully saturated rings. The first-order chi connectivity index (χ1) is 9.83. The van der Waals surface area contributed by atoms with E-state index in [0.29, 0.717) is 6.61 Å². The average Bonchev–Trinajstić information content (AvgIpc) is 2.50. The molecule has 0 amide bonds. The number of nitrogens with zero attached hydrogens (tertiary/aromatic N) is 1. The molecule has 0 spiro atoms. The Bertz CT molecular complexity index is 529. The predicted molar refractivity (Wildman–Crippen MR) is 78.9 cm³/mol. The first kappa shape index (κ1) is 14.3. The largest absolute Gasteiger partial charge is 0.493 e. The van der Waals surface area contributed by atoms with Gasteiger partial charge in [0.15, 0.2) is 11.5 Å². The molecule has 0 saturated heterocycles. The Morgan fingerprint density at radius 1 is 1.10 bits per heavy atom. The molecule has 4 heteroatoms. The molecule has 2 aromatic rings. The van der Waals surface area contributed by atoms with E-state index in [1.165, 1.54) is 5.56 Å². The minimum absolute atomic E-state index is 0.634. The zero-order chi connectivity index (χ0) is 14.2. The van der Waals surface area contributed by atoms with Crippen LogP contribution >= 0.6 is 0 Å². The Morgan fingerprint density at radius 2 is 1.95 bits per heavy atom. The highest BCUT2D eigenvalue weighted by Crippen LogP contribution is 2.27. The molecule has 0 aliphatic rings. The fourth-order valence-corrected chi connectivity index (χ4v) is 1.95. The number of hydrogen-bond donors (Lipinski definition) is 1. The van der Waals surface area contributed by atoms with E-state index < -0.39 is 0 Å². The lowest BCUT2D eigenvalue weighted by Crippen LogP contribution is -2.12. The SMILES string of the molecule is CCOc1ccc(CNCc2cccnc2)cc1OC. The van der Waals surface area contributed by atoms with Crippen LogP contribution in [0, 0.1) is 0 Å². The lowest BCUT2D eigenvalue weighted by molar-refractivity contribution is 0.310. The normalized spacial score (nSPS) is 10.3. The summed E-state index contributed by atoms with van der Waals surface area (Å²) >= 11 is 0. The van der Waals surface area contributed by atoms with Crippen molar-refractivity contribution in [3.63, 3.8) is 0 Å². The number of hydrogen-bond acceptors (Lipinski definition) is 4. The van der Waals surface area contributed by atoms with Crippen LogP contribution in [0.25, 0.3) is 0 Å². The van der Waals surface area contributed by atoms with Crippen LogP contribution in [0.15, 0.2) is 42.7 Å². The van der Waals surface area contributed by atoms with Crippen LogP contribution in [0.4, 0.5) is 0 Å². The minimum Gasteiger partial charge on any atom is -0.493 e. The van der Waals surface area contributed by atoms with Gasteiger partial charge in [-0.2, -0.15) is 0 Å². The molecule has 0 saturated carbocycles. The second-order valence-electron chi connectivity index (χ2n) is 4.38. The summed E-state index contributed by atoms with van der Waals surface area (Å²) in [6, 6.07) is 9.99. The molecule has 106 valence electrons. The Kier molecular flexibility index (Phi) is 5.38. The zero-order valence-corrected chi connectivity index (χ0v) is 11.9. The highest BCUT2D eigenvalue weighted by molar-refractivity contribution is 5.42. The number of nitrogens with one attached hydrogen (secondary N) is 1. The molecule has 0 aliphatic heterocycles. The van der Waals surface area contributed by atoms with Gasteiger partial charge in [0, 0.05) is 25.5 Å². The maximum absolute atomic E-state index is 5.50. The molecule has 1 N–H and O–H groups in total. The number of benzene rings is 1. The molecule has 0 aliphatic carbocycles. The van der Waals surface area contributed by atoms with Crippen molar-refractivity contribution < 1.29 is 9.47 Å². The topological polar surface area (TPSA) is 43.4 Å². The van der Waals surface area contributed by atoms with Gasteiger partial charge in [-0.1, -0.05) is 12.1 Å². The lowest BCUT2D eigenvalue weighted by atomic mass is 10.2. The molecule has 0 unspecified atom stereocenters. The summed E-state index contributed by atoms with van der Waals surface area (Å²) in [6.45, 7) is 4.17. The van der Waals surface area contributed by atoms with E-state index in [1.807, 2.05) is 37.4 Å². The Labute approximate surface area is 119 Å². The van der Waals surface area contributed by atoms with Crippen LogP contribution in [0.3, 0.4) is 0 Å². The smallest absolute Gasteiger partial charge is 0.161 e. The van der Waals surface area contributed by atoms with Gasteiger partial charge in [-0.25, -0.2) is 0 Å². The summed E-state index contributed by atoms with van der Waals surface area (Å²) in [7, 11) is 1.66. The molecule has 20 heavy (non-hydrogen) atoms. The third-order valence-corrected chi connectivity index (χ3v) is 2.91. The summed E-state index contributed by atoms with van der Waals surface area (Å²) in [5.41, 5.74) is 2.33. The van der Waals surface area contributed by atoms with Crippen LogP contribution in [0.5, 0.6) is 11.5 Å². The fourth-order valence-electron chi connectivity index (χ4n) is 1.95. The highest BCUT2D eigenvalue weighted by Gasteiger charge is 2.05. The van der Waals surface area contributed by atoms with Gasteiger partial charge in [0.05, 0.1) is 13.7 Å². The van der Waals surface area contributed by atoms with Crippen molar-refractivity contribution in [3.05, 3.63) is 53.9 Å². The fraction of sp³-hybridized carbons (Fsp3) is 0.312. The van der Waals surface area contributed by atoms with Crippen LogP contribution < -0.4 is 14.8 Å². The average molecular weight is 272 g/mol.